The largest absolute Gasteiger partial charge is 0.466 e. The molecule has 6 heteroatoms. The van der Waals surface area contributed by atoms with Crippen molar-refractivity contribution in [2.75, 3.05) is 13.2 Å². The maximum absolute atomic E-state index is 12.5. The molecular weight excluding hydrogens is 887 g/mol. The van der Waals surface area contributed by atoms with Crippen LogP contribution in [0.5, 0.6) is 0 Å². The topological polar surface area (TPSA) is 95.9 Å². The lowest BCUT2D eigenvalue weighted by molar-refractivity contribution is -0.143. The first-order valence-corrected chi connectivity index (χ1v) is 32.2. The van der Waals surface area contributed by atoms with Crippen molar-refractivity contribution in [1.82, 2.24) is 5.32 Å². The van der Waals surface area contributed by atoms with E-state index in [-0.39, 0.29) is 18.5 Å². The van der Waals surface area contributed by atoms with E-state index in [0.29, 0.717) is 25.9 Å². The molecule has 2 atom stereocenters. The first kappa shape index (κ1) is 70.1. The second-order valence-electron chi connectivity index (χ2n) is 22.1. The SMILES string of the molecule is CCCCCCCCC/C=C\CCCCCCCC(=O)OCCCCC/C=C\C/C=C\CCCCCCCCCC(=O)NC(CO)C(O)CCCCCCCCCCCCCCCCCCCCCCCC. The number of hydrogen-bond donors (Lipinski definition) is 3. The van der Waals surface area contributed by atoms with E-state index >= 15 is 0 Å². The lowest BCUT2D eigenvalue weighted by Gasteiger charge is -2.22. The number of ether oxygens (including phenoxy) is 1. The third-order valence-corrected chi connectivity index (χ3v) is 14.9. The Labute approximate surface area is 449 Å². The Morgan fingerprint density at radius 3 is 1.07 bits per heavy atom. The molecule has 6 nitrogen and oxygen atoms in total. The number of hydrogen-bond acceptors (Lipinski definition) is 5. The van der Waals surface area contributed by atoms with Crippen LogP contribution in [0, 0.1) is 0 Å². The Morgan fingerprint density at radius 1 is 0.389 bits per heavy atom. The van der Waals surface area contributed by atoms with Gasteiger partial charge < -0.3 is 20.3 Å². The van der Waals surface area contributed by atoms with Crippen molar-refractivity contribution < 1.29 is 24.5 Å². The van der Waals surface area contributed by atoms with Gasteiger partial charge in [0.1, 0.15) is 0 Å². The molecule has 0 saturated carbocycles. The normalized spacial score (nSPS) is 12.8. The Hall–Kier alpha value is -1.92. The quantitative estimate of drug-likeness (QED) is 0.0320. The Balaban J connectivity index is 3.49. The lowest BCUT2D eigenvalue weighted by atomic mass is 10.0. The van der Waals surface area contributed by atoms with E-state index in [4.69, 9.17) is 4.74 Å². The van der Waals surface area contributed by atoms with Gasteiger partial charge >= 0.3 is 5.97 Å². The molecule has 72 heavy (non-hydrogen) atoms. The molecule has 0 aromatic carbocycles. The van der Waals surface area contributed by atoms with Crippen molar-refractivity contribution in [3.63, 3.8) is 0 Å². The number of aliphatic hydroxyl groups is 2. The zero-order valence-corrected chi connectivity index (χ0v) is 48.4. The van der Waals surface area contributed by atoms with Gasteiger partial charge in [-0.3, -0.25) is 9.59 Å². The lowest BCUT2D eigenvalue weighted by Crippen LogP contribution is -2.45. The number of carbonyl (C=O) groups is 2. The average Bonchev–Trinajstić information content (AvgIpc) is 3.38. The molecule has 0 rings (SSSR count). The number of unbranched alkanes of at least 4 members (excludes halogenated alkanes) is 43. The van der Waals surface area contributed by atoms with Gasteiger partial charge in [-0.2, -0.15) is 0 Å². The standard InChI is InChI=1S/C66H125NO5/c1-3-5-7-9-11-13-15-17-19-21-22-23-24-25-27-30-34-38-42-46-50-54-58-64(69)63(62-68)67-65(70)59-55-51-47-43-39-35-31-28-26-29-33-37-41-45-49-53-57-61-72-66(71)60-56-52-48-44-40-36-32-20-18-16-14-12-10-8-6-4-2/h20,26,29,32,37,41,63-64,68-69H,3-19,21-25,27-28,30-31,33-36,38-40,42-62H2,1-2H3,(H,67,70)/b29-26-,32-20-,41-37-. The van der Waals surface area contributed by atoms with E-state index in [9.17, 15) is 19.8 Å². The Kier molecular flexibility index (Phi) is 60.0. The van der Waals surface area contributed by atoms with Gasteiger partial charge in [0.15, 0.2) is 0 Å². The fourth-order valence-electron chi connectivity index (χ4n) is 9.96. The minimum atomic E-state index is -0.677. The molecule has 1 amide bonds. The van der Waals surface area contributed by atoms with E-state index < -0.39 is 12.1 Å². The first-order valence-electron chi connectivity index (χ1n) is 32.2. The molecule has 2 unspecified atom stereocenters. The smallest absolute Gasteiger partial charge is 0.305 e. The monoisotopic (exact) mass is 1010 g/mol. The summed E-state index contributed by atoms with van der Waals surface area (Å²) in [5.41, 5.74) is 0. The number of rotatable bonds is 60. The molecule has 3 N–H and O–H groups in total. The van der Waals surface area contributed by atoms with Gasteiger partial charge in [0.05, 0.1) is 25.4 Å². The van der Waals surface area contributed by atoms with Crippen LogP contribution < -0.4 is 5.32 Å². The summed E-state index contributed by atoms with van der Waals surface area (Å²) in [6, 6.07) is -0.555. The van der Waals surface area contributed by atoms with Crippen molar-refractivity contribution in [3.05, 3.63) is 36.5 Å². The summed E-state index contributed by atoms with van der Waals surface area (Å²) in [4.78, 5) is 24.6. The molecule has 424 valence electrons. The third kappa shape index (κ3) is 57.4. The van der Waals surface area contributed by atoms with Gasteiger partial charge in [0, 0.05) is 12.8 Å². The van der Waals surface area contributed by atoms with Crippen molar-refractivity contribution in [1.29, 1.82) is 0 Å². The molecule has 0 radical (unpaired) electrons. The summed E-state index contributed by atoms with van der Waals surface area (Å²) in [5.74, 6) is -0.0706. The van der Waals surface area contributed by atoms with E-state index in [2.05, 4.69) is 55.6 Å². The second-order valence-corrected chi connectivity index (χ2v) is 22.1. The molecule has 0 heterocycles. The van der Waals surface area contributed by atoms with Gasteiger partial charge in [-0.05, 0) is 89.9 Å². The highest BCUT2D eigenvalue weighted by molar-refractivity contribution is 5.76. The number of esters is 1. The average molecular weight is 1010 g/mol. The summed E-state index contributed by atoms with van der Waals surface area (Å²) < 4.78 is 5.46. The molecule has 0 fully saturated rings. The van der Waals surface area contributed by atoms with Crippen molar-refractivity contribution >= 4 is 11.9 Å². The van der Waals surface area contributed by atoms with Crippen molar-refractivity contribution in [2.45, 2.75) is 360 Å². The molecule has 0 aromatic rings. The third-order valence-electron chi connectivity index (χ3n) is 14.9. The number of nitrogens with one attached hydrogen (secondary N) is 1. The summed E-state index contributed by atoms with van der Waals surface area (Å²) in [6.45, 7) is 4.93. The molecule has 0 spiro atoms. The number of carbonyl (C=O) groups excluding carboxylic acids is 2. The molecule has 0 saturated heterocycles. The molecule has 0 aromatic heterocycles. The van der Waals surface area contributed by atoms with Gasteiger partial charge in [0.25, 0.3) is 0 Å². The van der Waals surface area contributed by atoms with E-state index in [0.717, 1.165) is 83.5 Å². The molecule has 0 aliphatic rings. The van der Waals surface area contributed by atoms with Crippen LogP contribution in [-0.2, 0) is 14.3 Å². The zero-order valence-electron chi connectivity index (χ0n) is 48.4. The minimum absolute atomic E-state index is 0.0223. The summed E-state index contributed by atoms with van der Waals surface area (Å²) in [7, 11) is 0. The fourth-order valence-corrected chi connectivity index (χ4v) is 9.96. The highest BCUT2D eigenvalue weighted by atomic mass is 16.5. The highest BCUT2D eigenvalue weighted by Gasteiger charge is 2.20. The van der Waals surface area contributed by atoms with Crippen molar-refractivity contribution in [2.24, 2.45) is 0 Å². The van der Waals surface area contributed by atoms with Gasteiger partial charge in [-0.25, -0.2) is 0 Å². The van der Waals surface area contributed by atoms with Crippen LogP contribution in [0.2, 0.25) is 0 Å². The zero-order chi connectivity index (χ0) is 52.2. The van der Waals surface area contributed by atoms with Crippen LogP contribution in [0.25, 0.3) is 0 Å². The molecule has 0 bridgehead atoms. The van der Waals surface area contributed by atoms with Crippen LogP contribution >= 0.6 is 0 Å². The highest BCUT2D eigenvalue weighted by Crippen LogP contribution is 2.18. The van der Waals surface area contributed by atoms with Crippen LogP contribution in [0.3, 0.4) is 0 Å². The minimum Gasteiger partial charge on any atom is -0.466 e. The molecule has 0 aliphatic heterocycles. The molecule has 0 aliphatic carbocycles. The predicted molar refractivity (Wildman–Crippen MR) is 315 cm³/mol. The Bertz CT molecular complexity index is 1170. The van der Waals surface area contributed by atoms with Crippen LogP contribution in [0.4, 0.5) is 0 Å². The second kappa shape index (κ2) is 61.6. The van der Waals surface area contributed by atoms with Crippen LogP contribution in [0.1, 0.15) is 348 Å². The summed E-state index contributed by atoms with van der Waals surface area (Å²) >= 11 is 0. The summed E-state index contributed by atoms with van der Waals surface area (Å²) in [5, 5.41) is 23.4. The van der Waals surface area contributed by atoms with Gasteiger partial charge in [0.2, 0.25) is 5.91 Å². The van der Waals surface area contributed by atoms with E-state index in [1.165, 1.54) is 231 Å². The predicted octanol–water partition coefficient (Wildman–Crippen LogP) is 20.4. The fraction of sp³-hybridized carbons (Fsp3) is 0.879. The molecular formula is C66H125NO5. The Morgan fingerprint density at radius 2 is 0.694 bits per heavy atom. The number of amides is 1. The van der Waals surface area contributed by atoms with E-state index in [1.807, 2.05) is 0 Å². The van der Waals surface area contributed by atoms with Crippen LogP contribution in [0.15, 0.2) is 36.5 Å². The summed E-state index contributed by atoms with van der Waals surface area (Å²) in [6.07, 6.45) is 77.3. The maximum Gasteiger partial charge on any atom is 0.305 e. The first-order chi connectivity index (χ1) is 35.5. The van der Waals surface area contributed by atoms with Crippen molar-refractivity contribution in [3.8, 4) is 0 Å². The maximum atomic E-state index is 12.5. The number of aliphatic hydroxyl groups excluding tert-OH is 2. The van der Waals surface area contributed by atoms with Gasteiger partial charge in [-0.1, -0.05) is 281 Å². The van der Waals surface area contributed by atoms with Gasteiger partial charge in [-0.15, -0.1) is 0 Å². The number of allylic oxidation sites excluding steroid dienone is 6. The van der Waals surface area contributed by atoms with Crippen LogP contribution in [-0.4, -0.2) is 47.4 Å². The van der Waals surface area contributed by atoms with E-state index in [1.54, 1.807) is 0 Å².